The molecular formula is C20H20F4N2O4. The molecule has 1 unspecified atom stereocenters. The minimum atomic E-state index is -4.71. The highest BCUT2D eigenvalue weighted by atomic mass is 19.4. The van der Waals surface area contributed by atoms with E-state index >= 15 is 0 Å². The van der Waals surface area contributed by atoms with Gasteiger partial charge >= 0.3 is 12.1 Å². The van der Waals surface area contributed by atoms with Crippen molar-refractivity contribution in [2.24, 2.45) is 0 Å². The van der Waals surface area contributed by atoms with Crippen LogP contribution in [0.15, 0.2) is 36.5 Å². The molecule has 162 valence electrons. The number of alkyl halides is 3. The average Bonchev–Trinajstić information content (AvgIpc) is 2.64. The molecule has 1 aromatic heterocycles. The number of carboxylic acids is 1. The zero-order valence-corrected chi connectivity index (χ0v) is 16.2. The number of amides is 1. The standard InChI is InChI=1S/C20H20F4N2O4/c1-11(2)30-17(19(28)29)8-12-5-6-25-14(7-12)10-26-18(27)15-4-3-13(9-16(15)21)20(22,23)24/h3-7,9,11,17H,8,10H2,1-2H3,(H,26,27)(H,28,29). The van der Waals surface area contributed by atoms with Crippen molar-refractivity contribution < 1.29 is 37.0 Å². The van der Waals surface area contributed by atoms with Crippen LogP contribution in [0.3, 0.4) is 0 Å². The number of aromatic nitrogens is 1. The van der Waals surface area contributed by atoms with E-state index in [2.05, 4.69) is 10.3 Å². The Morgan fingerprint density at radius 1 is 1.20 bits per heavy atom. The highest BCUT2D eigenvalue weighted by Gasteiger charge is 2.31. The van der Waals surface area contributed by atoms with Gasteiger partial charge < -0.3 is 15.2 Å². The van der Waals surface area contributed by atoms with E-state index in [4.69, 9.17) is 4.74 Å². The Kier molecular flexibility index (Phi) is 7.49. The van der Waals surface area contributed by atoms with Crippen molar-refractivity contribution in [3.8, 4) is 0 Å². The molecule has 0 fully saturated rings. The fourth-order valence-corrected chi connectivity index (χ4v) is 2.63. The summed E-state index contributed by atoms with van der Waals surface area (Å²) in [6, 6.07) is 4.80. The van der Waals surface area contributed by atoms with Gasteiger partial charge in [0.05, 0.1) is 29.5 Å². The van der Waals surface area contributed by atoms with Crippen LogP contribution in [0.5, 0.6) is 0 Å². The molecule has 0 bridgehead atoms. The molecule has 0 aliphatic rings. The maximum Gasteiger partial charge on any atom is 0.416 e. The van der Waals surface area contributed by atoms with Crippen molar-refractivity contribution in [3.05, 3.63) is 64.7 Å². The Hall–Kier alpha value is -3.01. The van der Waals surface area contributed by atoms with Gasteiger partial charge in [0.25, 0.3) is 5.91 Å². The van der Waals surface area contributed by atoms with Gasteiger partial charge in [0, 0.05) is 12.6 Å². The second-order valence-corrected chi connectivity index (χ2v) is 6.75. The molecule has 2 rings (SSSR count). The highest BCUT2D eigenvalue weighted by molar-refractivity contribution is 5.94. The Bertz CT molecular complexity index is 916. The fraction of sp³-hybridized carbons (Fsp3) is 0.350. The lowest BCUT2D eigenvalue weighted by atomic mass is 10.1. The summed E-state index contributed by atoms with van der Waals surface area (Å²) in [6.45, 7) is 3.30. The third kappa shape index (κ3) is 6.51. The van der Waals surface area contributed by atoms with E-state index in [9.17, 15) is 32.3 Å². The van der Waals surface area contributed by atoms with Crippen LogP contribution < -0.4 is 5.32 Å². The molecule has 2 aromatic rings. The fourth-order valence-electron chi connectivity index (χ4n) is 2.63. The maximum absolute atomic E-state index is 13.9. The number of hydrogen-bond acceptors (Lipinski definition) is 4. The summed E-state index contributed by atoms with van der Waals surface area (Å²) in [5, 5.41) is 11.6. The molecule has 0 spiro atoms. The average molecular weight is 428 g/mol. The number of carbonyl (C=O) groups is 2. The first-order valence-electron chi connectivity index (χ1n) is 8.94. The van der Waals surface area contributed by atoms with E-state index in [0.717, 1.165) is 6.07 Å². The summed E-state index contributed by atoms with van der Waals surface area (Å²) in [7, 11) is 0. The van der Waals surface area contributed by atoms with Crippen molar-refractivity contribution in [2.45, 2.75) is 45.2 Å². The molecule has 2 N–H and O–H groups in total. The summed E-state index contributed by atoms with van der Waals surface area (Å²) in [5.74, 6) is -3.31. The molecule has 0 aliphatic heterocycles. The molecule has 0 aliphatic carbocycles. The SMILES string of the molecule is CC(C)OC(Cc1ccnc(CNC(=O)c2ccc(C(F)(F)F)cc2F)c1)C(=O)O. The minimum absolute atomic E-state index is 0.0739. The van der Waals surface area contributed by atoms with Crippen molar-refractivity contribution in [1.29, 1.82) is 0 Å². The first-order chi connectivity index (χ1) is 14.0. The summed E-state index contributed by atoms with van der Waals surface area (Å²) < 4.78 is 57.0. The monoisotopic (exact) mass is 428 g/mol. The van der Waals surface area contributed by atoms with Crippen LogP contribution in [-0.4, -0.2) is 34.2 Å². The van der Waals surface area contributed by atoms with Crippen molar-refractivity contribution in [2.75, 3.05) is 0 Å². The number of pyridine rings is 1. The third-order valence-corrected chi connectivity index (χ3v) is 3.99. The summed E-state index contributed by atoms with van der Waals surface area (Å²) >= 11 is 0. The quantitative estimate of drug-likeness (QED) is 0.628. The van der Waals surface area contributed by atoms with E-state index in [1.165, 1.54) is 6.20 Å². The number of halogens is 4. The maximum atomic E-state index is 13.9. The number of rotatable bonds is 8. The predicted octanol–water partition coefficient (Wildman–Crippen LogP) is 3.59. The lowest BCUT2D eigenvalue weighted by Crippen LogP contribution is -2.29. The van der Waals surface area contributed by atoms with Gasteiger partial charge in [-0.25, -0.2) is 9.18 Å². The van der Waals surface area contributed by atoms with Gasteiger partial charge in [0.2, 0.25) is 0 Å². The lowest BCUT2D eigenvalue weighted by Gasteiger charge is -2.16. The smallest absolute Gasteiger partial charge is 0.416 e. The minimum Gasteiger partial charge on any atom is -0.479 e. The van der Waals surface area contributed by atoms with E-state index in [1.807, 2.05) is 0 Å². The van der Waals surface area contributed by atoms with Crippen molar-refractivity contribution in [1.82, 2.24) is 10.3 Å². The molecule has 0 radical (unpaired) electrons. The Morgan fingerprint density at radius 3 is 2.47 bits per heavy atom. The van der Waals surface area contributed by atoms with Crippen LogP contribution >= 0.6 is 0 Å². The molecule has 1 heterocycles. The molecule has 6 nitrogen and oxygen atoms in total. The van der Waals surface area contributed by atoms with Crippen LogP contribution in [0, 0.1) is 5.82 Å². The third-order valence-electron chi connectivity index (χ3n) is 3.99. The number of carbonyl (C=O) groups excluding carboxylic acids is 1. The predicted molar refractivity (Wildman–Crippen MR) is 98.2 cm³/mol. The van der Waals surface area contributed by atoms with Crippen LogP contribution in [0.1, 0.15) is 41.0 Å². The number of hydrogen-bond donors (Lipinski definition) is 2. The first kappa shape index (κ1) is 23.3. The summed E-state index contributed by atoms with van der Waals surface area (Å²) in [6.07, 6.45) is -4.57. The topological polar surface area (TPSA) is 88.5 Å². The Balaban J connectivity index is 2.05. The zero-order chi connectivity index (χ0) is 22.5. The molecule has 1 atom stereocenters. The van der Waals surface area contributed by atoms with Crippen molar-refractivity contribution in [3.63, 3.8) is 0 Å². The second-order valence-electron chi connectivity index (χ2n) is 6.75. The number of aliphatic carboxylic acids is 1. The molecule has 1 aromatic carbocycles. The van der Waals surface area contributed by atoms with Gasteiger partial charge in [-0.2, -0.15) is 13.2 Å². The van der Waals surface area contributed by atoms with Crippen LogP contribution in [-0.2, 0) is 28.7 Å². The highest BCUT2D eigenvalue weighted by Crippen LogP contribution is 2.30. The molecule has 0 saturated heterocycles. The van der Waals surface area contributed by atoms with Gasteiger partial charge in [-0.3, -0.25) is 9.78 Å². The van der Waals surface area contributed by atoms with E-state index < -0.39 is 41.1 Å². The van der Waals surface area contributed by atoms with Crippen LogP contribution in [0.2, 0.25) is 0 Å². The van der Waals surface area contributed by atoms with Gasteiger partial charge in [0.1, 0.15) is 5.82 Å². The van der Waals surface area contributed by atoms with Crippen molar-refractivity contribution >= 4 is 11.9 Å². The first-order valence-corrected chi connectivity index (χ1v) is 8.94. The van der Waals surface area contributed by atoms with Gasteiger partial charge in [-0.15, -0.1) is 0 Å². The molecule has 10 heteroatoms. The number of benzene rings is 1. The summed E-state index contributed by atoms with van der Waals surface area (Å²) in [5.41, 5.74) is -0.761. The second kappa shape index (κ2) is 9.66. The van der Waals surface area contributed by atoms with E-state index in [1.54, 1.807) is 26.0 Å². The summed E-state index contributed by atoms with van der Waals surface area (Å²) in [4.78, 5) is 27.5. The Labute approximate surface area is 169 Å². The molecule has 0 saturated carbocycles. The van der Waals surface area contributed by atoms with Gasteiger partial charge in [-0.05, 0) is 49.7 Å². The van der Waals surface area contributed by atoms with Crippen LogP contribution in [0.25, 0.3) is 0 Å². The number of nitrogens with zero attached hydrogens (tertiary/aromatic N) is 1. The lowest BCUT2D eigenvalue weighted by molar-refractivity contribution is -0.153. The number of nitrogens with one attached hydrogen (secondary N) is 1. The zero-order valence-electron chi connectivity index (χ0n) is 16.2. The number of carboxylic acid groups (broad SMARTS) is 1. The van der Waals surface area contributed by atoms with Crippen LogP contribution in [0.4, 0.5) is 17.6 Å². The number of ether oxygens (including phenoxy) is 1. The van der Waals surface area contributed by atoms with Gasteiger partial charge in [-0.1, -0.05) is 0 Å². The normalized spacial score (nSPS) is 12.6. The van der Waals surface area contributed by atoms with Gasteiger partial charge in [0.15, 0.2) is 6.10 Å². The van der Waals surface area contributed by atoms with E-state index in [-0.39, 0.29) is 25.1 Å². The largest absolute Gasteiger partial charge is 0.479 e. The molecule has 30 heavy (non-hydrogen) atoms. The molecule has 1 amide bonds. The Morgan fingerprint density at radius 2 is 1.90 bits per heavy atom. The molecular weight excluding hydrogens is 408 g/mol. The van der Waals surface area contributed by atoms with E-state index in [0.29, 0.717) is 17.3 Å².